The van der Waals surface area contributed by atoms with Gasteiger partial charge in [-0.05, 0) is 0 Å². The van der Waals surface area contributed by atoms with E-state index in [4.69, 9.17) is 14.7 Å². The fraction of sp³-hybridized carbons (Fsp3) is 0.154. The van der Waals surface area contributed by atoms with Gasteiger partial charge in [0.15, 0.2) is 0 Å². The average Bonchev–Trinajstić information content (AvgIpc) is 3.16. The molecular formula is C13H8N2O4S2Sn. The number of nitriles is 1. The Balaban J connectivity index is 1.83. The summed E-state index contributed by atoms with van der Waals surface area (Å²) in [6.45, 7) is 0. The van der Waals surface area contributed by atoms with Gasteiger partial charge < -0.3 is 0 Å². The number of fused-ring (bicyclic) bond motifs is 1. The molecule has 0 saturated heterocycles. The standard InChI is InChI=1S/C13H8N2O4S2.Sn/c1-17-11(16)8(6-14)12-19-9-4-3-7(5-10(9)21-12)18-13(15)20-2;/h3-5H,2H2,1H3;/q-1;+1/b12-8-;. The third-order valence-electron chi connectivity index (χ3n) is 2.66. The van der Waals surface area contributed by atoms with Gasteiger partial charge in [0.25, 0.3) is 0 Å². The van der Waals surface area contributed by atoms with Crippen LogP contribution in [0.15, 0.2) is 37.0 Å². The van der Waals surface area contributed by atoms with Crippen LogP contribution in [0.1, 0.15) is 0 Å². The molecular weight excluding hydrogens is 431 g/mol. The molecule has 0 saturated carbocycles. The normalized spacial score (nSPS) is 17.9. The van der Waals surface area contributed by atoms with Gasteiger partial charge in [-0.3, -0.25) is 0 Å². The van der Waals surface area contributed by atoms with Gasteiger partial charge in [0.05, 0.1) is 0 Å². The number of benzene rings is 1. The van der Waals surface area contributed by atoms with Crippen molar-refractivity contribution in [3.05, 3.63) is 28.9 Å². The number of hydrogen-bond acceptors (Lipinski definition) is 8. The molecule has 1 aromatic carbocycles. The number of hydrogen-bond donors (Lipinski definition) is 0. The Morgan fingerprint density at radius 1 is 1.55 bits per heavy atom. The third kappa shape index (κ3) is 3.21. The molecule has 0 spiro atoms. The van der Waals surface area contributed by atoms with Gasteiger partial charge in [-0.1, -0.05) is 0 Å². The Morgan fingerprint density at radius 2 is 2.41 bits per heavy atom. The minimum atomic E-state index is -0.711. The van der Waals surface area contributed by atoms with Crippen molar-refractivity contribution >= 4 is 56.1 Å². The first-order chi connectivity index (χ1) is 10.7. The van der Waals surface area contributed by atoms with Crippen LogP contribution in [-0.4, -0.2) is 43.5 Å². The second-order valence-corrected chi connectivity index (χ2v) is 9.96. The SMILES string of the molecule is COC(=O)/C(C#N)=C1/Oc2ccc(OC3=[N][Sn][CH2]S3)cc2S1. The molecule has 22 heavy (non-hydrogen) atoms. The van der Waals surface area contributed by atoms with E-state index in [2.05, 4.69) is 7.95 Å². The van der Waals surface area contributed by atoms with E-state index in [9.17, 15) is 4.79 Å². The summed E-state index contributed by atoms with van der Waals surface area (Å²) in [5.41, 5.74) is -0.144. The van der Waals surface area contributed by atoms with Crippen molar-refractivity contribution < 1.29 is 19.0 Å². The van der Waals surface area contributed by atoms with Crippen LogP contribution in [0.5, 0.6) is 11.5 Å². The summed E-state index contributed by atoms with van der Waals surface area (Å²) in [5.74, 6) is 0.541. The molecule has 6 nitrogen and oxygen atoms in total. The molecule has 0 N–H and O–H groups in total. The Labute approximate surface area is 145 Å². The number of thioether (sulfide) groups is 2. The third-order valence-corrected chi connectivity index (χ3v) is 8.20. The molecule has 0 bridgehead atoms. The zero-order valence-corrected chi connectivity index (χ0v) is 15.8. The predicted octanol–water partition coefficient (Wildman–Crippen LogP) is 2.14. The molecule has 3 rings (SSSR count). The monoisotopic (exact) mass is 440 g/mol. The van der Waals surface area contributed by atoms with Crippen molar-refractivity contribution in [3.8, 4) is 17.6 Å². The summed E-state index contributed by atoms with van der Waals surface area (Å²) in [4.78, 5) is 12.3. The quantitative estimate of drug-likeness (QED) is 0.303. The summed E-state index contributed by atoms with van der Waals surface area (Å²) in [7, 11) is 1.23. The molecule has 1 aromatic rings. The molecule has 9 heteroatoms. The molecule has 2 radical (unpaired) electrons. The molecule has 0 atom stereocenters. The zero-order chi connectivity index (χ0) is 15.5. The number of nitrogens with zero attached hydrogens (tertiary/aromatic N) is 2. The van der Waals surface area contributed by atoms with E-state index < -0.39 is 27.4 Å². The van der Waals surface area contributed by atoms with Gasteiger partial charge in [0.2, 0.25) is 0 Å². The predicted molar refractivity (Wildman–Crippen MR) is 83.9 cm³/mol. The van der Waals surface area contributed by atoms with E-state index in [-0.39, 0.29) is 10.7 Å². The van der Waals surface area contributed by atoms with Crippen molar-refractivity contribution in [1.29, 1.82) is 5.26 Å². The van der Waals surface area contributed by atoms with Crippen molar-refractivity contribution in [2.75, 3.05) is 10.9 Å². The molecule has 0 aliphatic carbocycles. The molecule has 0 amide bonds. The van der Waals surface area contributed by atoms with Crippen molar-refractivity contribution in [3.63, 3.8) is 0 Å². The number of rotatable bonds is 2. The van der Waals surface area contributed by atoms with Gasteiger partial charge >= 0.3 is 146 Å². The first kappa shape index (κ1) is 15.6. The first-order valence-corrected chi connectivity index (χ1v) is 11.1. The molecule has 2 aliphatic heterocycles. The number of carbonyl (C=O) groups excluding carboxylic acids is 1. The van der Waals surface area contributed by atoms with Gasteiger partial charge in [0, 0.05) is 0 Å². The van der Waals surface area contributed by atoms with Gasteiger partial charge in [0.1, 0.15) is 0 Å². The van der Waals surface area contributed by atoms with Crippen LogP contribution in [0.4, 0.5) is 0 Å². The topological polar surface area (TPSA) is 80.9 Å². The fourth-order valence-corrected chi connectivity index (χ4v) is 6.76. The fourth-order valence-electron chi connectivity index (χ4n) is 1.69. The van der Waals surface area contributed by atoms with Crippen LogP contribution < -0.4 is 9.47 Å². The van der Waals surface area contributed by atoms with E-state index in [1.807, 2.05) is 12.1 Å². The van der Waals surface area contributed by atoms with Gasteiger partial charge in [-0.25, -0.2) is 0 Å². The van der Waals surface area contributed by atoms with Gasteiger partial charge in [-0.15, -0.1) is 0 Å². The van der Waals surface area contributed by atoms with Crippen molar-refractivity contribution in [2.45, 2.75) is 4.90 Å². The number of carbonyl (C=O) groups is 1. The van der Waals surface area contributed by atoms with E-state index in [1.54, 1.807) is 23.9 Å². The van der Waals surface area contributed by atoms with Crippen LogP contribution in [0.3, 0.4) is 0 Å². The van der Waals surface area contributed by atoms with E-state index in [0.717, 1.165) is 13.9 Å². The summed E-state index contributed by atoms with van der Waals surface area (Å²) < 4.78 is 21.3. The first-order valence-electron chi connectivity index (χ1n) is 6.05. The van der Waals surface area contributed by atoms with Crippen LogP contribution in [0.25, 0.3) is 0 Å². The zero-order valence-electron chi connectivity index (χ0n) is 11.3. The number of methoxy groups -OCH3 is 1. The Bertz CT molecular complexity index is 742. The summed E-state index contributed by atoms with van der Waals surface area (Å²) in [5, 5.41) is 10.0. The van der Waals surface area contributed by atoms with Crippen LogP contribution in [-0.2, 0) is 9.53 Å². The van der Waals surface area contributed by atoms with Crippen molar-refractivity contribution in [1.82, 2.24) is 0 Å². The van der Waals surface area contributed by atoms with E-state index in [0.29, 0.717) is 11.5 Å². The average molecular weight is 439 g/mol. The molecule has 0 fully saturated rings. The maximum absolute atomic E-state index is 11.5. The Kier molecular flexibility index (Phi) is 4.85. The molecule has 2 heterocycles. The second-order valence-electron chi connectivity index (χ2n) is 4.01. The van der Waals surface area contributed by atoms with Crippen LogP contribution in [0.2, 0.25) is 0 Å². The second kappa shape index (κ2) is 6.85. The number of ether oxygens (including phenoxy) is 3. The molecule has 2 aliphatic rings. The summed E-state index contributed by atoms with van der Waals surface area (Å²) >= 11 is 2.22. The van der Waals surface area contributed by atoms with Gasteiger partial charge in [-0.2, -0.15) is 0 Å². The van der Waals surface area contributed by atoms with E-state index in [1.165, 1.54) is 18.9 Å². The molecule has 0 unspecified atom stereocenters. The molecule has 110 valence electrons. The Hall–Kier alpha value is -1.31. The van der Waals surface area contributed by atoms with Crippen molar-refractivity contribution in [2.24, 2.45) is 3.21 Å². The summed E-state index contributed by atoms with van der Waals surface area (Å²) in [6, 6.07) is 7.15. The number of esters is 1. The van der Waals surface area contributed by atoms with Crippen LogP contribution in [0, 0.1) is 11.3 Å². The maximum atomic E-state index is 11.5. The Morgan fingerprint density at radius 3 is 3.09 bits per heavy atom. The molecule has 0 aromatic heterocycles. The minimum absolute atomic E-state index is 0.144. The van der Waals surface area contributed by atoms with E-state index >= 15 is 0 Å². The summed E-state index contributed by atoms with van der Waals surface area (Å²) in [6.07, 6.45) is 0. The van der Waals surface area contributed by atoms with Crippen LogP contribution >= 0.6 is 23.5 Å².